The van der Waals surface area contributed by atoms with Gasteiger partial charge in [0.05, 0.1) is 0 Å². The Morgan fingerprint density at radius 3 is 2.32 bits per heavy atom. The van der Waals surface area contributed by atoms with Gasteiger partial charge >= 0.3 is 0 Å². The van der Waals surface area contributed by atoms with Crippen LogP contribution >= 0.6 is 0 Å². The molecule has 1 atom stereocenters. The molecule has 3 amide bonds. The van der Waals surface area contributed by atoms with Gasteiger partial charge in [0.1, 0.15) is 6.04 Å². The third-order valence-electron chi connectivity index (χ3n) is 2.50. The van der Waals surface area contributed by atoms with Crippen molar-refractivity contribution >= 4 is 17.7 Å². The molecule has 1 unspecified atom stereocenters. The molecule has 0 radical (unpaired) electrons. The summed E-state index contributed by atoms with van der Waals surface area (Å²) >= 11 is 0. The SMILES string of the molecule is C=C/C=C\C=C(/C)C(=O)NC1CCC(=O)NC1=O.CC.CC. The van der Waals surface area contributed by atoms with Gasteiger partial charge in [-0.15, -0.1) is 0 Å². The van der Waals surface area contributed by atoms with Crippen LogP contribution in [0.3, 0.4) is 0 Å². The minimum absolute atomic E-state index is 0.246. The fourth-order valence-corrected chi connectivity index (χ4v) is 1.46. The lowest BCUT2D eigenvalue weighted by Crippen LogP contribution is -2.52. The van der Waals surface area contributed by atoms with Gasteiger partial charge in [-0.1, -0.05) is 58.6 Å². The molecule has 0 aromatic carbocycles. The lowest BCUT2D eigenvalue weighted by Gasteiger charge is -2.21. The van der Waals surface area contributed by atoms with Crippen LogP contribution in [0.4, 0.5) is 0 Å². The molecule has 0 aromatic rings. The number of piperidine rings is 1. The van der Waals surface area contributed by atoms with Crippen molar-refractivity contribution in [3.8, 4) is 0 Å². The number of rotatable bonds is 4. The molecule has 0 aromatic heterocycles. The fourth-order valence-electron chi connectivity index (χ4n) is 1.46. The minimum Gasteiger partial charge on any atom is -0.340 e. The summed E-state index contributed by atoms with van der Waals surface area (Å²) in [6, 6.07) is -0.637. The van der Waals surface area contributed by atoms with Crippen molar-refractivity contribution in [3.63, 3.8) is 0 Å². The third-order valence-corrected chi connectivity index (χ3v) is 2.50. The molecule has 1 aliphatic heterocycles. The highest BCUT2D eigenvalue weighted by atomic mass is 16.2. The van der Waals surface area contributed by atoms with E-state index in [1.165, 1.54) is 0 Å². The largest absolute Gasteiger partial charge is 0.340 e. The summed E-state index contributed by atoms with van der Waals surface area (Å²) in [4.78, 5) is 34.1. The van der Waals surface area contributed by atoms with E-state index in [0.29, 0.717) is 12.0 Å². The summed E-state index contributed by atoms with van der Waals surface area (Å²) in [5, 5.41) is 4.77. The van der Waals surface area contributed by atoms with E-state index >= 15 is 0 Å². The Kier molecular flexibility index (Phi) is 13.9. The number of hydrogen-bond donors (Lipinski definition) is 2. The number of allylic oxidation sites excluding steroid dienone is 4. The maximum absolute atomic E-state index is 11.7. The Morgan fingerprint density at radius 1 is 1.23 bits per heavy atom. The molecule has 2 N–H and O–H groups in total. The molecule has 1 aliphatic rings. The molecule has 1 rings (SSSR count). The lowest BCUT2D eigenvalue weighted by molar-refractivity contribution is -0.136. The van der Waals surface area contributed by atoms with E-state index in [4.69, 9.17) is 0 Å². The predicted molar refractivity (Wildman–Crippen MR) is 90.1 cm³/mol. The van der Waals surface area contributed by atoms with Crippen molar-refractivity contribution in [1.82, 2.24) is 10.6 Å². The zero-order valence-corrected chi connectivity index (χ0v) is 14.2. The molecule has 22 heavy (non-hydrogen) atoms. The minimum atomic E-state index is -0.637. The van der Waals surface area contributed by atoms with Crippen LogP contribution in [-0.2, 0) is 14.4 Å². The van der Waals surface area contributed by atoms with Crippen molar-refractivity contribution < 1.29 is 14.4 Å². The van der Waals surface area contributed by atoms with E-state index < -0.39 is 11.9 Å². The zero-order valence-electron chi connectivity index (χ0n) is 14.2. The van der Waals surface area contributed by atoms with Crippen molar-refractivity contribution in [2.24, 2.45) is 0 Å². The van der Waals surface area contributed by atoms with Gasteiger partial charge in [-0.25, -0.2) is 0 Å². The summed E-state index contributed by atoms with van der Waals surface area (Å²) in [5.74, 6) is -1.07. The number of hydrogen-bond acceptors (Lipinski definition) is 3. The van der Waals surface area contributed by atoms with Crippen molar-refractivity contribution in [2.75, 3.05) is 0 Å². The number of imide groups is 1. The summed E-state index contributed by atoms with van der Waals surface area (Å²) in [6.45, 7) is 13.2. The molecule has 1 saturated heterocycles. The van der Waals surface area contributed by atoms with E-state index in [2.05, 4.69) is 17.2 Å². The third kappa shape index (κ3) is 8.89. The van der Waals surface area contributed by atoms with Gasteiger partial charge in [0.25, 0.3) is 0 Å². The van der Waals surface area contributed by atoms with Gasteiger partial charge in [0.2, 0.25) is 17.7 Å². The first-order chi connectivity index (χ1) is 10.5. The number of amides is 3. The highest BCUT2D eigenvalue weighted by Crippen LogP contribution is 2.05. The fraction of sp³-hybridized carbons (Fsp3) is 0.471. The van der Waals surface area contributed by atoms with Crippen LogP contribution < -0.4 is 10.6 Å². The molecule has 5 heteroatoms. The van der Waals surface area contributed by atoms with Crippen LogP contribution in [0.5, 0.6) is 0 Å². The second kappa shape index (κ2) is 13.8. The normalized spacial score (nSPS) is 17.5. The van der Waals surface area contributed by atoms with Crippen LogP contribution in [0.25, 0.3) is 0 Å². The Hall–Kier alpha value is -2.17. The smallest absolute Gasteiger partial charge is 0.249 e. The van der Waals surface area contributed by atoms with E-state index in [0.717, 1.165) is 0 Å². The number of carbonyl (C=O) groups excluding carboxylic acids is 3. The summed E-state index contributed by atoms with van der Waals surface area (Å²) < 4.78 is 0. The molecular formula is C17H28N2O3. The lowest BCUT2D eigenvalue weighted by atomic mass is 10.1. The first-order valence-corrected chi connectivity index (χ1v) is 7.65. The molecule has 0 saturated carbocycles. The van der Waals surface area contributed by atoms with Crippen molar-refractivity contribution in [1.29, 1.82) is 0 Å². The van der Waals surface area contributed by atoms with Crippen LogP contribution in [0.15, 0.2) is 36.5 Å². The Morgan fingerprint density at radius 2 is 1.82 bits per heavy atom. The molecule has 1 heterocycles. The molecule has 0 spiro atoms. The average molecular weight is 308 g/mol. The maximum atomic E-state index is 11.7. The number of nitrogens with one attached hydrogen (secondary N) is 2. The Balaban J connectivity index is 0. The van der Waals surface area contributed by atoms with Gasteiger partial charge in [0, 0.05) is 12.0 Å². The first-order valence-electron chi connectivity index (χ1n) is 7.65. The molecule has 0 bridgehead atoms. The average Bonchev–Trinajstić information content (AvgIpc) is 2.54. The van der Waals surface area contributed by atoms with E-state index in [9.17, 15) is 14.4 Å². The standard InChI is InChI=1S/C13H16N2O3.2C2H6/c1-3-4-5-6-9(2)12(17)14-10-7-8-11(16)15-13(10)18;2*1-2/h3-6,10H,1,7-8H2,2H3,(H,14,17)(H,15,16,18);2*1-2H3/b5-4-,9-6+;;. The maximum Gasteiger partial charge on any atom is 0.249 e. The highest BCUT2D eigenvalue weighted by molar-refractivity contribution is 6.03. The molecule has 1 fully saturated rings. The van der Waals surface area contributed by atoms with Gasteiger partial charge in [-0.2, -0.15) is 0 Å². The predicted octanol–water partition coefficient (Wildman–Crippen LogP) is 2.65. The van der Waals surface area contributed by atoms with Crippen LogP contribution in [0.2, 0.25) is 0 Å². The molecule has 5 nitrogen and oxygen atoms in total. The quantitative estimate of drug-likeness (QED) is 0.476. The summed E-state index contributed by atoms with van der Waals surface area (Å²) in [5.41, 5.74) is 0.484. The van der Waals surface area contributed by atoms with Gasteiger partial charge < -0.3 is 5.32 Å². The van der Waals surface area contributed by atoms with Gasteiger partial charge in [-0.3, -0.25) is 19.7 Å². The van der Waals surface area contributed by atoms with E-state index in [1.54, 1.807) is 31.2 Å². The summed E-state index contributed by atoms with van der Waals surface area (Å²) in [6.07, 6.45) is 7.20. The number of carbonyl (C=O) groups is 3. The zero-order chi connectivity index (χ0) is 17.5. The van der Waals surface area contributed by atoms with Crippen molar-refractivity contribution in [2.45, 2.75) is 53.5 Å². The second-order valence-electron chi connectivity index (χ2n) is 3.95. The van der Waals surface area contributed by atoms with Crippen LogP contribution in [-0.4, -0.2) is 23.8 Å². The van der Waals surface area contributed by atoms with Crippen LogP contribution in [0, 0.1) is 0 Å². The molecule has 124 valence electrons. The highest BCUT2D eigenvalue weighted by Gasteiger charge is 2.27. The monoisotopic (exact) mass is 308 g/mol. The topological polar surface area (TPSA) is 75.3 Å². The van der Waals surface area contributed by atoms with Gasteiger partial charge in [-0.05, 0) is 13.3 Å². The Labute approximate surface area is 133 Å². The Bertz CT molecular complexity index is 437. The molecular weight excluding hydrogens is 280 g/mol. The van der Waals surface area contributed by atoms with E-state index in [1.807, 2.05) is 27.7 Å². The summed E-state index contributed by atoms with van der Waals surface area (Å²) in [7, 11) is 0. The second-order valence-corrected chi connectivity index (χ2v) is 3.95. The molecule has 0 aliphatic carbocycles. The first kappa shape index (κ1) is 22.1. The van der Waals surface area contributed by atoms with E-state index in [-0.39, 0.29) is 18.2 Å². The van der Waals surface area contributed by atoms with Crippen molar-refractivity contribution in [3.05, 3.63) is 36.5 Å². The van der Waals surface area contributed by atoms with Crippen LogP contribution in [0.1, 0.15) is 47.5 Å². The van der Waals surface area contributed by atoms with Gasteiger partial charge in [0.15, 0.2) is 0 Å².